The third-order valence-electron chi connectivity index (χ3n) is 1.54. The Morgan fingerprint density at radius 1 is 1.12 bits per heavy atom. The third kappa shape index (κ3) is 20.8. The maximum atomic E-state index is 10.4. The van der Waals surface area contributed by atoms with Gasteiger partial charge in [0.25, 0.3) is 5.97 Å². The van der Waals surface area contributed by atoms with Gasteiger partial charge in [-0.05, 0) is 13.8 Å². The molecule has 0 rings (SSSR count). The summed E-state index contributed by atoms with van der Waals surface area (Å²) in [6.45, 7) is 7.04. The number of hydrogen-bond acceptors (Lipinski definition) is 5. The molecule has 6 heteroatoms. The van der Waals surface area contributed by atoms with Crippen molar-refractivity contribution in [1.29, 1.82) is 0 Å². The summed E-state index contributed by atoms with van der Waals surface area (Å²) in [5.41, 5.74) is 0. The monoisotopic (exact) mass is 250 g/mol. The van der Waals surface area contributed by atoms with Crippen molar-refractivity contribution in [3.8, 4) is 0 Å². The van der Waals surface area contributed by atoms with Crippen molar-refractivity contribution in [3.05, 3.63) is 0 Å². The van der Waals surface area contributed by atoms with Crippen molar-refractivity contribution in [2.24, 2.45) is 0 Å². The topological polar surface area (TPSA) is 82.1 Å². The van der Waals surface area contributed by atoms with Crippen molar-refractivity contribution >= 4 is 11.9 Å². The molecule has 0 heterocycles. The van der Waals surface area contributed by atoms with Crippen LogP contribution in [0.15, 0.2) is 0 Å². The van der Waals surface area contributed by atoms with E-state index in [1.807, 2.05) is 13.8 Å². The summed E-state index contributed by atoms with van der Waals surface area (Å²) >= 11 is 0. The lowest BCUT2D eigenvalue weighted by Crippen LogP contribution is -2.23. The number of methoxy groups -OCH3 is 1. The highest BCUT2D eigenvalue weighted by Gasteiger charge is 2.06. The number of carboxylic acids is 1. The normalized spacial score (nSPS) is 13.0. The molecule has 0 saturated carbocycles. The third-order valence-corrected chi connectivity index (χ3v) is 1.54. The zero-order valence-electron chi connectivity index (χ0n) is 11.1. The molecule has 0 aromatic carbocycles. The molecule has 0 aliphatic carbocycles. The van der Waals surface area contributed by atoms with E-state index in [0.29, 0.717) is 13.2 Å². The average molecular weight is 250 g/mol. The molecule has 1 N–H and O–H groups in total. The van der Waals surface area contributed by atoms with Crippen LogP contribution in [0, 0.1) is 0 Å². The zero-order valence-corrected chi connectivity index (χ0v) is 11.1. The number of carbonyl (C=O) groups excluding carboxylic acids is 1. The highest BCUT2D eigenvalue weighted by Crippen LogP contribution is 1.96. The lowest BCUT2D eigenvalue weighted by Gasteiger charge is -2.15. The molecule has 2 unspecified atom stereocenters. The molecule has 0 bridgehead atoms. The van der Waals surface area contributed by atoms with Gasteiger partial charge in [0.2, 0.25) is 0 Å². The Hall–Kier alpha value is -1.14. The van der Waals surface area contributed by atoms with E-state index in [9.17, 15) is 4.79 Å². The van der Waals surface area contributed by atoms with Gasteiger partial charge in [-0.15, -0.1) is 0 Å². The first kappa shape index (κ1) is 18.2. The number of rotatable bonds is 6. The van der Waals surface area contributed by atoms with Crippen LogP contribution < -0.4 is 0 Å². The predicted molar refractivity (Wildman–Crippen MR) is 61.8 cm³/mol. The number of esters is 1. The number of carbonyl (C=O) groups is 2. The summed E-state index contributed by atoms with van der Waals surface area (Å²) in [7, 11) is 1.63. The highest BCUT2D eigenvalue weighted by molar-refractivity contribution is 5.65. The smallest absolute Gasteiger partial charge is 0.302 e. The standard InChI is InChI=1S/C9H18O4.C2H4O2/c1-7(11-4)5-12-8(2)6-13-9(3)10;1-2(3)4/h7-8H,5-6H2,1-4H3;1H3,(H,3,4). The number of carboxylic acid groups (broad SMARTS) is 1. The first-order valence-corrected chi connectivity index (χ1v) is 5.26. The Bertz CT molecular complexity index is 212. The van der Waals surface area contributed by atoms with Crippen LogP contribution >= 0.6 is 0 Å². The second-order valence-electron chi connectivity index (χ2n) is 3.51. The molecule has 0 aliphatic rings. The van der Waals surface area contributed by atoms with Gasteiger partial charge >= 0.3 is 5.97 Å². The van der Waals surface area contributed by atoms with Gasteiger partial charge in [-0.3, -0.25) is 9.59 Å². The van der Waals surface area contributed by atoms with E-state index in [-0.39, 0.29) is 18.2 Å². The second kappa shape index (κ2) is 11.3. The molecule has 0 radical (unpaired) electrons. The molecule has 2 atom stereocenters. The van der Waals surface area contributed by atoms with Crippen LogP contribution in [0.2, 0.25) is 0 Å². The fourth-order valence-electron chi connectivity index (χ4n) is 0.651. The van der Waals surface area contributed by atoms with Crippen molar-refractivity contribution < 1.29 is 28.9 Å². The predicted octanol–water partition coefficient (Wildman–Crippen LogP) is 1.08. The Morgan fingerprint density at radius 2 is 1.59 bits per heavy atom. The molecule has 0 amide bonds. The molecule has 0 fully saturated rings. The molecule has 0 spiro atoms. The maximum Gasteiger partial charge on any atom is 0.302 e. The maximum absolute atomic E-state index is 10.4. The van der Waals surface area contributed by atoms with E-state index < -0.39 is 5.97 Å². The average Bonchev–Trinajstić information content (AvgIpc) is 2.22. The summed E-state index contributed by atoms with van der Waals surface area (Å²) in [5.74, 6) is -1.12. The van der Waals surface area contributed by atoms with E-state index in [2.05, 4.69) is 0 Å². The van der Waals surface area contributed by atoms with E-state index in [1.54, 1.807) is 7.11 Å². The van der Waals surface area contributed by atoms with E-state index >= 15 is 0 Å². The second-order valence-corrected chi connectivity index (χ2v) is 3.51. The first-order valence-electron chi connectivity index (χ1n) is 5.26. The molecule has 6 nitrogen and oxygen atoms in total. The number of aliphatic carboxylic acids is 1. The summed E-state index contributed by atoms with van der Waals surface area (Å²) < 4.78 is 15.1. The van der Waals surface area contributed by atoms with Crippen molar-refractivity contribution in [3.63, 3.8) is 0 Å². The molecule has 102 valence electrons. The van der Waals surface area contributed by atoms with Gasteiger partial charge in [-0.25, -0.2) is 0 Å². The molecular formula is C11H22O6. The van der Waals surface area contributed by atoms with Crippen LogP contribution in [0.3, 0.4) is 0 Å². The van der Waals surface area contributed by atoms with E-state index in [1.165, 1.54) is 6.92 Å². The minimum Gasteiger partial charge on any atom is -0.481 e. The van der Waals surface area contributed by atoms with Crippen LogP contribution in [0.25, 0.3) is 0 Å². The van der Waals surface area contributed by atoms with Crippen LogP contribution in [0.1, 0.15) is 27.7 Å². The summed E-state index contributed by atoms with van der Waals surface area (Å²) in [5, 5.41) is 7.42. The van der Waals surface area contributed by atoms with Crippen LogP contribution in [-0.2, 0) is 23.8 Å². The molecular weight excluding hydrogens is 228 g/mol. The molecule has 17 heavy (non-hydrogen) atoms. The highest BCUT2D eigenvalue weighted by atomic mass is 16.6. The van der Waals surface area contributed by atoms with Gasteiger partial charge in [-0.1, -0.05) is 0 Å². The van der Waals surface area contributed by atoms with Crippen molar-refractivity contribution in [1.82, 2.24) is 0 Å². The fourth-order valence-corrected chi connectivity index (χ4v) is 0.651. The van der Waals surface area contributed by atoms with Crippen LogP contribution in [0.5, 0.6) is 0 Å². The molecule has 0 aromatic rings. The Kier molecular flexibility index (Phi) is 12.2. The minimum absolute atomic E-state index is 0.0692. The summed E-state index contributed by atoms with van der Waals surface area (Å²) in [4.78, 5) is 19.4. The van der Waals surface area contributed by atoms with Gasteiger partial charge in [0, 0.05) is 21.0 Å². The van der Waals surface area contributed by atoms with E-state index in [4.69, 9.17) is 24.1 Å². The van der Waals surface area contributed by atoms with Gasteiger partial charge in [-0.2, -0.15) is 0 Å². The SMILES string of the molecule is CC(=O)O.COC(C)COC(C)COC(C)=O. The lowest BCUT2D eigenvalue weighted by atomic mass is 10.4. The van der Waals surface area contributed by atoms with Crippen molar-refractivity contribution in [2.75, 3.05) is 20.3 Å². The Labute approximate surface area is 102 Å². The Morgan fingerprint density at radius 3 is 1.94 bits per heavy atom. The van der Waals surface area contributed by atoms with Crippen molar-refractivity contribution in [2.45, 2.75) is 39.9 Å². The van der Waals surface area contributed by atoms with E-state index in [0.717, 1.165) is 6.92 Å². The number of hydrogen-bond donors (Lipinski definition) is 1. The summed E-state index contributed by atoms with van der Waals surface area (Å²) in [6.07, 6.45) is -0.0127. The molecule has 0 aromatic heterocycles. The molecule has 0 aliphatic heterocycles. The molecule has 0 saturated heterocycles. The fraction of sp³-hybridized carbons (Fsp3) is 0.818. The quantitative estimate of drug-likeness (QED) is 0.710. The van der Waals surface area contributed by atoms with Gasteiger partial charge in [0.1, 0.15) is 6.61 Å². The minimum atomic E-state index is -0.833. The largest absolute Gasteiger partial charge is 0.481 e. The van der Waals surface area contributed by atoms with Crippen LogP contribution in [0.4, 0.5) is 0 Å². The lowest BCUT2D eigenvalue weighted by molar-refractivity contribution is -0.145. The van der Waals surface area contributed by atoms with Gasteiger partial charge in [0.05, 0.1) is 18.8 Å². The van der Waals surface area contributed by atoms with Gasteiger partial charge < -0.3 is 19.3 Å². The number of ether oxygens (including phenoxy) is 3. The van der Waals surface area contributed by atoms with Crippen LogP contribution in [-0.4, -0.2) is 49.6 Å². The first-order chi connectivity index (χ1) is 7.79. The zero-order chi connectivity index (χ0) is 13.8. The summed E-state index contributed by atoms with van der Waals surface area (Å²) in [6, 6.07) is 0. The van der Waals surface area contributed by atoms with Gasteiger partial charge in [0.15, 0.2) is 0 Å². The Balaban J connectivity index is 0.